The Labute approximate surface area is 151 Å². The van der Waals surface area contributed by atoms with E-state index >= 15 is 0 Å². The summed E-state index contributed by atoms with van der Waals surface area (Å²) < 4.78 is 0. The van der Waals surface area contributed by atoms with E-state index in [1.54, 1.807) is 0 Å². The second kappa shape index (κ2) is 9.28. The van der Waals surface area contributed by atoms with Crippen LogP contribution in [0, 0.1) is 13.8 Å². The summed E-state index contributed by atoms with van der Waals surface area (Å²) in [5.41, 5.74) is 4.83. The van der Waals surface area contributed by atoms with Gasteiger partial charge >= 0.3 is 0 Å². The van der Waals surface area contributed by atoms with Gasteiger partial charge in [0.1, 0.15) is 0 Å². The predicted octanol–water partition coefficient (Wildman–Crippen LogP) is 4.51. The minimum Gasteiger partial charge on any atom is -0.372 e. The van der Waals surface area contributed by atoms with E-state index in [-0.39, 0.29) is 0 Å². The van der Waals surface area contributed by atoms with Crippen LogP contribution >= 0.6 is 12.2 Å². The molecule has 2 N–H and O–H groups in total. The molecule has 2 aromatic carbocycles. The van der Waals surface area contributed by atoms with Crippen molar-refractivity contribution in [3.63, 3.8) is 0 Å². The van der Waals surface area contributed by atoms with Gasteiger partial charge in [-0.15, -0.1) is 0 Å². The molecule has 0 atom stereocenters. The van der Waals surface area contributed by atoms with Crippen molar-refractivity contribution in [2.45, 2.75) is 27.2 Å². The van der Waals surface area contributed by atoms with E-state index in [0.29, 0.717) is 5.11 Å². The molecule has 0 spiro atoms. The lowest BCUT2D eigenvalue weighted by molar-refractivity contribution is 0.726. The van der Waals surface area contributed by atoms with Gasteiger partial charge in [0, 0.05) is 31.0 Å². The Morgan fingerprint density at radius 3 is 2.46 bits per heavy atom. The fourth-order valence-electron chi connectivity index (χ4n) is 2.60. The first-order valence-corrected chi connectivity index (χ1v) is 8.92. The van der Waals surface area contributed by atoms with E-state index in [1.165, 1.54) is 16.8 Å². The standard InChI is InChI=1S/C20H27N3S/c1-4-23(19-11-9-16(2)10-12-19)14-6-13-21-20(24)22-18-8-5-7-17(3)15-18/h5,7-12,15H,4,6,13-14H2,1-3H3,(H2,21,22,24). The molecule has 0 bridgehead atoms. The summed E-state index contributed by atoms with van der Waals surface area (Å²) >= 11 is 5.36. The Balaban J connectivity index is 1.73. The van der Waals surface area contributed by atoms with E-state index in [0.717, 1.165) is 31.7 Å². The Bertz CT molecular complexity index is 652. The first-order valence-electron chi connectivity index (χ1n) is 8.51. The van der Waals surface area contributed by atoms with Crippen LogP contribution in [-0.2, 0) is 0 Å². The van der Waals surface area contributed by atoms with Crippen LogP contribution in [0.25, 0.3) is 0 Å². The van der Waals surface area contributed by atoms with E-state index in [4.69, 9.17) is 12.2 Å². The van der Waals surface area contributed by atoms with Crippen molar-refractivity contribution < 1.29 is 0 Å². The maximum atomic E-state index is 5.36. The topological polar surface area (TPSA) is 27.3 Å². The van der Waals surface area contributed by atoms with Gasteiger partial charge in [-0.3, -0.25) is 0 Å². The van der Waals surface area contributed by atoms with Gasteiger partial charge in [0.15, 0.2) is 5.11 Å². The number of rotatable bonds is 7. The highest BCUT2D eigenvalue weighted by atomic mass is 32.1. The van der Waals surface area contributed by atoms with Gasteiger partial charge in [0.25, 0.3) is 0 Å². The van der Waals surface area contributed by atoms with E-state index in [2.05, 4.69) is 72.7 Å². The Kier molecular flexibility index (Phi) is 7.07. The number of nitrogens with zero attached hydrogens (tertiary/aromatic N) is 1. The second-order valence-corrected chi connectivity index (χ2v) is 6.43. The zero-order valence-electron chi connectivity index (χ0n) is 14.8. The average molecular weight is 342 g/mol. The monoisotopic (exact) mass is 341 g/mol. The van der Waals surface area contributed by atoms with Gasteiger partial charge in [0.05, 0.1) is 0 Å². The highest BCUT2D eigenvalue weighted by Gasteiger charge is 2.04. The zero-order valence-corrected chi connectivity index (χ0v) is 15.6. The third-order valence-electron chi connectivity index (χ3n) is 3.95. The fraction of sp³-hybridized carbons (Fsp3) is 0.350. The predicted molar refractivity (Wildman–Crippen MR) is 109 cm³/mol. The molecule has 2 aromatic rings. The van der Waals surface area contributed by atoms with Crippen LogP contribution in [0.5, 0.6) is 0 Å². The average Bonchev–Trinajstić information content (AvgIpc) is 2.56. The Morgan fingerprint density at radius 1 is 1.04 bits per heavy atom. The molecule has 0 saturated heterocycles. The summed E-state index contributed by atoms with van der Waals surface area (Å²) in [5.74, 6) is 0. The lowest BCUT2D eigenvalue weighted by Gasteiger charge is -2.23. The first-order chi connectivity index (χ1) is 11.6. The summed E-state index contributed by atoms with van der Waals surface area (Å²) in [4.78, 5) is 2.39. The van der Waals surface area contributed by atoms with Crippen molar-refractivity contribution >= 4 is 28.7 Å². The molecular weight excluding hydrogens is 314 g/mol. The van der Waals surface area contributed by atoms with Gasteiger partial charge in [-0.05, 0) is 69.2 Å². The van der Waals surface area contributed by atoms with E-state index < -0.39 is 0 Å². The second-order valence-electron chi connectivity index (χ2n) is 6.02. The van der Waals surface area contributed by atoms with Crippen LogP contribution in [0.15, 0.2) is 48.5 Å². The van der Waals surface area contributed by atoms with Crippen molar-refractivity contribution in [2.75, 3.05) is 29.9 Å². The van der Waals surface area contributed by atoms with E-state index in [9.17, 15) is 0 Å². The summed E-state index contributed by atoms with van der Waals surface area (Å²) in [6.07, 6.45) is 1.04. The van der Waals surface area contributed by atoms with Crippen LogP contribution in [-0.4, -0.2) is 24.7 Å². The van der Waals surface area contributed by atoms with Crippen LogP contribution in [0.2, 0.25) is 0 Å². The first kappa shape index (κ1) is 18.3. The number of hydrogen-bond acceptors (Lipinski definition) is 2. The highest BCUT2D eigenvalue weighted by Crippen LogP contribution is 2.15. The summed E-state index contributed by atoms with van der Waals surface area (Å²) in [6, 6.07) is 16.9. The molecule has 24 heavy (non-hydrogen) atoms. The molecule has 128 valence electrons. The lowest BCUT2D eigenvalue weighted by atomic mass is 10.2. The molecule has 0 heterocycles. The van der Waals surface area contributed by atoms with Gasteiger partial charge in [-0.25, -0.2) is 0 Å². The largest absolute Gasteiger partial charge is 0.372 e. The number of anilines is 2. The van der Waals surface area contributed by atoms with Crippen molar-refractivity contribution in [3.8, 4) is 0 Å². The molecule has 0 aliphatic rings. The summed E-state index contributed by atoms with van der Waals surface area (Å²) in [6.45, 7) is 9.27. The molecular formula is C20H27N3S. The summed E-state index contributed by atoms with van der Waals surface area (Å²) in [5, 5.41) is 7.19. The SMILES string of the molecule is CCN(CCCNC(=S)Nc1cccc(C)c1)c1ccc(C)cc1. The third kappa shape index (κ3) is 5.85. The zero-order chi connectivity index (χ0) is 17.4. The quantitative estimate of drug-likeness (QED) is 0.572. The molecule has 2 rings (SSSR count). The molecule has 0 radical (unpaired) electrons. The van der Waals surface area contributed by atoms with Crippen molar-refractivity contribution in [1.82, 2.24) is 5.32 Å². The van der Waals surface area contributed by atoms with Crippen LogP contribution in [0.1, 0.15) is 24.5 Å². The number of benzene rings is 2. The van der Waals surface area contributed by atoms with Gasteiger partial charge in [0.2, 0.25) is 0 Å². The fourth-order valence-corrected chi connectivity index (χ4v) is 2.82. The Morgan fingerprint density at radius 2 is 1.79 bits per heavy atom. The van der Waals surface area contributed by atoms with Crippen molar-refractivity contribution in [1.29, 1.82) is 0 Å². The molecule has 0 fully saturated rings. The van der Waals surface area contributed by atoms with Crippen LogP contribution in [0.4, 0.5) is 11.4 Å². The van der Waals surface area contributed by atoms with Gasteiger partial charge in [-0.1, -0.05) is 29.8 Å². The van der Waals surface area contributed by atoms with Crippen LogP contribution in [0.3, 0.4) is 0 Å². The van der Waals surface area contributed by atoms with Gasteiger partial charge in [-0.2, -0.15) is 0 Å². The number of aryl methyl sites for hydroxylation is 2. The molecule has 0 unspecified atom stereocenters. The highest BCUT2D eigenvalue weighted by molar-refractivity contribution is 7.80. The third-order valence-corrected chi connectivity index (χ3v) is 4.19. The number of thiocarbonyl (C=S) groups is 1. The molecule has 0 aliphatic heterocycles. The minimum atomic E-state index is 0.680. The molecule has 0 amide bonds. The van der Waals surface area contributed by atoms with Crippen LogP contribution < -0.4 is 15.5 Å². The van der Waals surface area contributed by atoms with E-state index in [1.807, 2.05) is 12.1 Å². The molecule has 0 saturated carbocycles. The van der Waals surface area contributed by atoms with Crippen molar-refractivity contribution in [2.24, 2.45) is 0 Å². The normalized spacial score (nSPS) is 10.3. The Hall–Kier alpha value is -2.07. The number of nitrogens with one attached hydrogen (secondary N) is 2. The summed E-state index contributed by atoms with van der Waals surface area (Å²) in [7, 11) is 0. The smallest absolute Gasteiger partial charge is 0.170 e. The molecule has 0 aliphatic carbocycles. The maximum Gasteiger partial charge on any atom is 0.170 e. The lowest BCUT2D eigenvalue weighted by Crippen LogP contribution is -2.32. The molecule has 3 nitrogen and oxygen atoms in total. The number of hydrogen-bond donors (Lipinski definition) is 2. The van der Waals surface area contributed by atoms with Crippen molar-refractivity contribution in [3.05, 3.63) is 59.7 Å². The maximum absolute atomic E-state index is 5.36. The molecule has 4 heteroatoms. The van der Waals surface area contributed by atoms with Gasteiger partial charge < -0.3 is 15.5 Å². The minimum absolute atomic E-state index is 0.680. The molecule has 0 aromatic heterocycles.